The first-order chi connectivity index (χ1) is 15.4. The fraction of sp³-hybridized carbons (Fsp3) is 0.250. The quantitative estimate of drug-likeness (QED) is 0.361. The van der Waals surface area contributed by atoms with Gasteiger partial charge in [0.05, 0.1) is 43.6 Å². The van der Waals surface area contributed by atoms with Gasteiger partial charge in [-0.15, -0.1) is 0 Å². The predicted molar refractivity (Wildman–Crippen MR) is 121 cm³/mol. The number of hydrogen-bond acceptors (Lipinski definition) is 8. The van der Waals surface area contributed by atoms with Gasteiger partial charge in [-0.3, -0.25) is 9.40 Å². The van der Waals surface area contributed by atoms with Crippen LogP contribution >= 0.6 is 0 Å². The van der Waals surface area contributed by atoms with Crippen LogP contribution in [0.15, 0.2) is 43.0 Å². The van der Waals surface area contributed by atoms with Crippen molar-refractivity contribution in [3.8, 4) is 28.1 Å². The first kappa shape index (κ1) is 21.6. The summed E-state index contributed by atoms with van der Waals surface area (Å²) >= 11 is 0. The number of benzene rings is 1. The normalized spacial score (nSPS) is 11.7. The number of nitrogens with zero attached hydrogens (tertiary/aromatic N) is 5. The number of sulfonamides is 1. The van der Waals surface area contributed by atoms with E-state index in [0.29, 0.717) is 29.3 Å². The van der Waals surface area contributed by atoms with Crippen LogP contribution in [0.5, 0.6) is 5.75 Å². The maximum atomic E-state index is 12.0. The van der Waals surface area contributed by atoms with Crippen LogP contribution in [0.2, 0.25) is 0 Å². The molecule has 0 aliphatic carbocycles. The molecule has 4 aromatic rings. The summed E-state index contributed by atoms with van der Waals surface area (Å²) in [5.41, 5.74) is 10.2. The van der Waals surface area contributed by atoms with E-state index in [2.05, 4.69) is 19.9 Å². The predicted octanol–water partition coefficient (Wildman–Crippen LogP) is 1.60. The minimum Gasteiger partial charge on any atom is -0.495 e. The number of rotatable bonds is 8. The van der Waals surface area contributed by atoms with Crippen LogP contribution in [0.1, 0.15) is 6.92 Å². The average Bonchev–Trinajstić information content (AvgIpc) is 3.39. The first-order valence-corrected chi connectivity index (χ1v) is 11.5. The van der Waals surface area contributed by atoms with Crippen molar-refractivity contribution in [3.05, 3.63) is 43.0 Å². The molecule has 0 spiro atoms. The van der Waals surface area contributed by atoms with Gasteiger partial charge in [-0.25, -0.2) is 17.9 Å². The van der Waals surface area contributed by atoms with Crippen molar-refractivity contribution in [1.29, 1.82) is 0 Å². The van der Waals surface area contributed by atoms with Gasteiger partial charge in [0, 0.05) is 17.3 Å². The summed E-state index contributed by atoms with van der Waals surface area (Å²) < 4.78 is 35.3. The second-order valence-corrected chi connectivity index (χ2v) is 9.00. The maximum Gasteiger partial charge on any atom is 0.232 e. The van der Waals surface area contributed by atoms with Crippen molar-refractivity contribution in [1.82, 2.24) is 24.4 Å². The van der Waals surface area contributed by atoms with Crippen LogP contribution in [-0.4, -0.2) is 57.4 Å². The van der Waals surface area contributed by atoms with Crippen molar-refractivity contribution in [2.45, 2.75) is 13.5 Å². The fourth-order valence-electron chi connectivity index (χ4n) is 3.40. The van der Waals surface area contributed by atoms with Crippen LogP contribution in [0.3, 0.4) is 0 Å². The lowest BCUT2D eigenvalue weighted by Gasteiger charge is -2.12. The van der Waals surface area contributed by atoms with E-state index in [1.807, 2.05) is 12.3 Å². The molecule has 1 aromatic carbocycles. The summed E-state index contributed by atoms with van der Waals surface area (Å²) in [4.78, 5) is 4.12. The summed E-state index contributed by atoms with van der Waals surface area (Å²) in [5, 5.41) is 17.8. The summed E-state index contributed by atoms with van der Waals surface area (Å²) in [5.74, 6) is 0.605. The van der Waals surface area contributed by atoms with E-state index >= 15 is 0 Å². The minimum absolute atomic E-state index is 0.0235. The SMILES string of the molecule is CCS(=O)(=O)Nc1ccc(-c2cc(-c3cnn(CCO)c3)n3ncnc(N)c23)cc1OC. The zero-order valence-electron chi connectivity index (χ0n) is 17.6. The zero-order chi connectivity index (χ0) is 22.9. The molecule has 32 heavy (non-hydrogen) atoms. The number of hydrogen-bond donors (Lipinski definition) is 3. The molecule has 12 heteroatoms. The number of aromatic nitrogens is 5. The zero-order valence-corrected chi connectivity index (χ0v) is 18.4. The molecule has 0 saturated heterocycles. The van der Waals surface area contributed by atoms with Crippen LogP contribution in [0, 0.1) is 0 Å². The highest BCUT2D eigenvalue weighted by atomic mass is 32.2. The van der Waals surface area contributed by atoms with E-state index in [-0.39, 0.29) is 12.4 Å². The molecule has 0 aliphatic rings. The number of methoxy groups -OCH3 is 1. The second-order valence-electron chi connectivity index (χ2n) is 6.99. The monoisotopic (exact) mass is 457 g/mol. The lowest BCUT2D eigenvalue weighted by Crippen LogP contribution is -2.15. The molecule has 168 valence electrons. The maximum absolute atomic E-state index is 12.0. The van der Waals surface area contributed by atoms with Crippen LogP contribution in [0.25, 0.3) is 27.9 Å². The van der Waals surface area contributed by atoms with Gasteiger partial charge in [0.25, 0.3) is 0 Å². The number of nitrogens with two attached hydrogens (primary N) is 1. The van der Waals surface area contributed by atoms with Crippen LogP contribution in [0.4, 0.5) is 11.5 Å². The van der Waals surface area contributed by atoms with Gasteiger partial charge < -0.3 is 15.6 Å². The van der Waals surface area contributed by atoms with Crippen molar-refractivity contribution in [3.63, 3.8) is 0 Å². The summed E-state index contributed by atoms with van der Waals surface area (Å²) in [6.45, 7) is 1.91. The lowest BCUT2D eigenvalue weighted by molar-refractivity contribution is 0.269. The molecule has 3 heterocycles. The molecule has 0 atom stereocenters. The molecule has 0 radical (unpaired) electrons. The second kappa shape index (κ2) is 8.48. The molecule has 3 aromatic heterocycles. The number of fused-ring (bicyclic) bond motifs is 1. The van der Waals surface area contributed by atoms with Crippen molar-refractivity contribution in [2.24, 2.45) is 0 Å². The Bertz CT molecular complexity index is 1380. The molecule has 0 unspecified atom stereocenters. The van der Waals surface area contributed by atoms with E-state index in [1.165, 1.54) is 13.4 Å². The Kier molecular flexibility index (Phi) is 5.72. The highest BCUT2D eigenvalue weighted by Crippen LogP contribution is 2.38. The number of aliphatic hydroxyl groups is 1. The van der Waals surface area contributed by atoms with Crippen molar-refractivity contribution >= 4 is 27.0 Å². The number of nitrogens with one attached hydrogen (secondary N) is 1. The van der Waals surface area contributed by atoms with E-state index in [1.54, 1.807) is 40.5 Å². The van der Waals surface area contributed by atoms with Crippen molar-refractivity contribution in [2.75, 3.05) is 29.9 Å². The van der Waals surface area contributed by atoms with Gasteiger partial charge in [0.1, 0.15) is 17.6 Å². The highest BCUT2D eigenvalue weighted by molar-refractivity contribution is 7.92. The number of nitrogen functional groups attached to an aromatic ring is 1. The Morgan fingerprint density at radius 2 is 2.03 bits per heavy atom. The summed E-state index contributed by atoms with van der Waals surface area (Å²) in [6, 6.07) is 7.06. The highest BCUT2D eigenvalue weighted by Gasteiger charge is 2.19. The summed E-state index contributed by atoms with van der Waals surface area (Å²) in [6.07, 6.45) is 4.86. The third-order valence-electron chi connectivity index (χ3n) is 5.00. The van der Waals surface area contributed by atoms with E-state index in [9.17, 15) is 8.42 Å². The Balaban J connectivity index is 1.86. The van der Waals surface area contributed by atoms with Gasteiger partial charge >= 0.3 is 0 Å². The molecular weight excluding hydrogens is 434 g/mol. The van der Waals surface area contributed by atoms with E-state index in [4.69, 9.17) is 15.6 Å². The van der Waals surface area contributed by atoms with Crippen LogP contribution < -0.4 is 15.2 Å². The van der Waals surface area contributed by atoms with Gasteiger partial charge in [0.2, 0.25) is 10.0 Å². The number of anilines is 2. The van der Waals surface area contributed by atoms with Gasteiger partial charge in [-0.1, -0.05) is 6.07 Å². The molecule has 0 fully saturated rings. The average molecular weight is 458 g/mol. The van der Waals surface area contributed by atoms with Gasteiger partial charge in [-0.2, -0.15) is 10.2 Å². The molecule has 4 rings (SSSR count). The molecule has 0 aliphatic heterocycles. The van der Waals surface area contributed by atoms with Crippen molar-refractivity contribution < 1.29 is 18.3 Å². The first-order valence-electron chi connectivity index (χ1n) is 9.81. The number of ether oxygens (including phenoxy) is 1. The standard InChI is InChI=1S/C20H23N7O4S/c1-3-32(29,30)25-16-5-4-13(8-18(16)31-2)15-9-17(14-10-23-26(11-14)6-7-28)27-19(15)20(21)22-12-24-27/h4-5,8-12,25,28H,3,6-7H2,1-2H3,(H2,21,22,24). The topological polar surface area (TPSA) is 150 Å². The molecule has 11 nitrogen and oxygen atoms in total. The third kappa shape index (κ3) is 3.97. The Labute approximate surface area is 184 Å². The molecule has 0 amide bonds. The third-order valence-corrected chi connectivity index (χ3v) is 6.29. The molecular formula is C20H23N7O4S. The van der Waals surface area contributed by atoms with Crippen LogP contribution in [-0.2, 0) is 16.6 Å². The lowest BCUT2D eigenvalue weighted by atomic mass is 10.1. The smallest absolute Gasteiger partial charge is 0.232 e. The minimum atomic E-state index is -3.46. The summed E-state index contributed by atoms with van der Waals surface area (Å²) in [7, 11) is -1.99. The van der Waals surface area contributed by atoms with E-state index < -0.39 is 10.0 Å². The fourth-order valence-corrected chi connectivity index (χ4v) is 4.05. The Morgan fingerprint density at radius 3 is 2.75 bits per heavy atom. The Morgan fingerprint density at radius 1 is 1.22 bits per heavy atom. The molecule has 0 bridgehead atoms. The van der Waals surface area contributed by atoms with Gasteiger partial charge in [-0.05, 0) is 30.7 Å². The Hall–Kier alpha value is -3.64. The van der Waals surface area contributed by atoms with E-state index in [0.717, 1.165) is 22.4 Å². The molecule has 4 N–H and O–H groups in total. The largest absolute Gasteiger partial charge is 0.495 e. The number of aliphatic hydroxyl groups excluding tert-OH is 1. The molecule has 0 saturated carbocycles. The van der Waals surface area contributed by atoms with Gasteiger partial charge in [0.15, 0.2) is 5.82 Å².